The van der Waals surface area contributed by atoms with Crippen molar-refractivity contribution in [1.29, 1.82) is 0 Å². The third-order valence-corrected chi connectivity index (χ3v) is 7.61. The highest BCUT2D eigenvalue weighted by atomic mass is 79.9. The number of ketones is 2. The molecule has 1 saturated heterocycles. The zero-order valence-electron chi connectivity index (χ0n) is 20.8. The summed E-state index contributed by atoms with van der Waals surface area (Å²) in [6, 6.07) is 10.1. The number of carbonyl (C=O) groups excluding carboxylic acids is 3. The standard InChI is InChI=1S/C27H24BrN7O3.CH4/c1-14(36)26-19-8-16(18-11-29-15(2)30-12-18)6-7-20(19)34(33-26)13-23(37)22-10-17-9-21(17)35(22)27(38)32-25-5-3-4-24(28)31-25;/h3-8,11-12,17,21-22H,9-10,13H2,1-2H3,(H,31,32,38);1H4/t17-,21-,22+;/m1./s1. The van der Waals surface area contributed by atoms with E-state index in [1.807, 2.05) is 25.1 Å². The third kappa shape index (κ3) is 5.06. The number of fused-ring (bicyclic) bond motifs is 2. The lowest BCUT2D eigenvalue weighted by molar-refractivity contribution is -0.123. The first-order valence-corrected chi connectivity index (χ1v) is 13.1. The summed E-state index contributed by atoms with van der Waals surface area (Å²) < 4.78 is 2.18. The lowest BCUT2D eigenvalue weighted by Gasteiger charge is -2.26. The van der Waals surface area contributed by atoms with Gasteiger partial charge in [0, 0.05) is 36.3 Å². The summed E-state index contributed by atoms with van der Waals surface area (Å²) >= 11 is 3.31. The number of urea groups is 1. The van der Waals surface area contributed by atoms with Crippen LogP contribution in [0.15, 0.2) is 53.4 Å². The minimum Gasteiger partial charge on any atom is -0.311 e. The number of piperidine rings is 1. The Morgan fingerprint density at radius 2 is 1.85 bits per heavy atom. The fourth-order valence-electron chi connectivity index (χ4n) is 5.22. The second kappa shape index (κ2) is 10.3. The van der Waals surface area contributed by atoms with Crippen LogP contribution in [0, 0.1) is 12.8 Å². The summed E-state index contributed by atoms with van der Waals surface area (Å²) in [4.78, 5) is 53.6. The van der Waals surface area contributed by atoms with E-state index in [0.29, 0.717) is 45.2 Å². The van der Waals surface area contributed by atoms with Gasteiger partial charge in [-0.05, 0) is 71.4 Å². The van der Waals surface area contributed by atoms with Crippen molar-refractivity contribution in [1.82, 2.24) is 29.6 Å². The smallest absolute Gasteiger partial charge is 0.311 e. The van der Waals surface area contributed by atoms with Crippen LogP contribution in [-0.4, -0.2) is 59.3 Å². The van der Waals surface area contributed by atoms with Crippen LogP contribution in [0.2, 0.25) is 0 Å². The number of amides is 2. The summed E-state index contributed by atoms with van der Waals surface area (Å²) in [5.74, 6) is 1.10. The minimum atomic E-state index is -0.560. The van der Waals surface area contributed by atoms with Crippen molar-refractivity contribution in [2.75, 3.05) is 5.32 Å². The molecule has 4 aromatic rings. The van der Waals surface area contributed by atoms with Crippen LogP contribution >= 0.6 is 15.9 Å². The molecular formula is C28H28BrN7O3. The zero-order chi connectivity index (χ0) is 26.6. The largest absolute Gasteiger partial charge is 0.323 e. The van der Waals surface area contributed by atoms with Crippen LogP contribution in [0.5, 0.6) is 0 Å². The summed E-state index contributed by atoms with van der Waals surface area (Å²) in [6.45, 7) is 3.24. The molecule has 10 nitrogen and oxygen atoms in total. The number of nitrogens with zero attached hydrogens (tertiary/aromatic N) is 6. The number of aromatic nitrogens is 5. The van der Waals surface area contributed by atoms with Crippen molar-refractivity contribution >= 4 is 50.2 Å². The zero-order valence-corrected chi connectivity index (χ0v) is 22.3. The molecule has 0 radical (unpaired) electrons. The van der Waals surface area contributed by atoms with Crippen LogP contribution in [-0.2, 0) is 11.3 Å². The van der Waals surface area contributed by atoms with E-state index in [0.717, 1.165) is 17.5 Å². The Kier molecular flexibility index (Phi) is 7.02. The third-order valence-electron chi connectivity index (χ3n) is 7.16. The Morgan fingerprint density at radius 1 is 1.08 bits per heavy atom. The van der Waals surface area contributed by atoms with Gasteiger partial charge in [0.15, 0.2) is 11.6 Å². The van der Waals surface area contributed by atoms with Crippen LogP contribution in [0.1, 0.15) is 43.5 Å². The molecule has 3 atom stereocenters. The Morgan fingerprint density at radius 3 is 2.56 bits per heavy atom. The number of likely N-dealkylation sites (tertiary alicyclic amines) is 1. The molecule has 39 heavy (non-hydrogen) atoms. The van der Waals surface area contributed by atoms with Gasteiger partial charge < -0.3 is 4.90 Å². The first-order chi connectivity index (χ1) is 18.3. The van der Waals surface area contributed by atoms with Gasteiger partial charge in [-0.25, -0.2) is 19.7 Å². The molecule has 1 aromatic carbocycles. The second-order valence-electron chi connectivity index (χ2n) is 9.78. The fourth-order valence-corrected chi connectivity index (χ4v) is 5.57. The van der Waals surface area contributed by atoms with E-state index < -0.39 is 6.04 Å². The van der Waals surface area contributed by atoms with E-state index in [1.54, 1.807) is 40.2 Å². The average molecular weight is 590 g/mol. The fraction of sp³-hybridized carbons (Fsp3) is 0.321. The molecule has 1 aliphatic heterocycles. The maximum absolute atomic E-state index is 13.5. The van der Waals surface area contributed by atoms with Gasteiger partial charge in [-0.15, -0.1) is 0 Å². The number of benzene rings is 1. The van der Waals surface area contributed by atoms with Crippen molar-refractivity contribution in [3.8, 4) is 11.1 Å². The Labute approximate surface area is 234 Å². The van der Waals surface area contributed by atoms with E-state index in [4.69, 9.17) is 0 Å². The molecule has 11 heteroatoms. The molecule has 1 saturated carbocycles. The lowest BCUT2D eigenvalue weighted by atomic mass is 10.0. The molecule has 1 N–H and O–H groups in total. The highest BCUT2D eigenvalue weighted by Crippen LogP contribution is 2.48. The average Bonchev–Trinajstić information content (AvgIpc) is 3.39. The van der Waals surface area contributed by atoms with Gasteiger partial charge in [-0.2, -0.15) is 5.10 Å². The number of aryl methyl sites for hydroxylation is 1. The number of halogens is 1. The van der Waals surface area contributed by atoms with Crippen LogP contribution in [0.25, 0.3) is 22.0 Å². The Balaban J connectivity index is 0.00000308. The van der Waals surface area contributed by atoms with Crippen molar-refractivity contribution in [2.24, 2.45) is 5.92 Å². The molecule has 2 aliphatic rings. The van der Waals surface area contributed by atoms with Crippen molar-refractivity contribution in [2.45, 2.75) is 52.7 Å². The molecule has 6 rings (SSSR count). The van der Waals surface area contributed by atoms with E-state index in [9.17, 15) is 14.4 Å². The summed E-state index contributed by atoms with van der Waals surface area (Å²) in [5.41, 5.74) is 2.65. The quantitative estimate of drug-likeness (QED) is 0.246. The summed E-state index contributed by atoms with van der Waals surface area (Å²) in [7, 11) is 0. The Hall–Kier alpha value is -3.99. The lowest BCUT2D eigenvalue weighted by Crippen LogP contribution is -2.46. The van der Waals surface area contributed by atoms with E-state index >= 15 is 0 Å². The molecule has 0 spiro atoms. The van der Waals surface area contributed by atoms with E-state index in [1.165, 1.54) is 6.92 Å². The summed E-state index contributed by atoms with van der Waals surface area (Å²) in [5, 5.41) is 7.99. The predicted octanol–water partition coefficient (Wildman–Crippen LogP) is 5.06. The Bertz CT molecular complexity index is 1600. The normalized spacial score (nSPS) is 19.4. The van der Waals surface area contributed by atoms with Gasteiger partial charge in [-0.3, -0.25) is 19.6 Å². The van der Waals surface area contributed by atoms with Gasteiger partial charge in [0.2, 0.25) is 0 Å². The minimum absolute atomic E-state index is 0. The van der Waals surface area contributed by atoms with Gasteiger partial charge in [-0.1, -0.05) is 19.6 Å². The first-order valence-electron chi connectivity index (χ1n) is 12.3. The van der Waals surface area contributed by atoms with E-state index in [2.05, 4.69) is 41.3 Å². The number of anilines is 1. The molecule has 2 amide bonds. The van der Waals surface area contributed by atoms with Crippen LogP contribution in [0.4, 0.5) is 10.6 Å². The predicted molar refractivity (Wildman–Crippen MR) is 150 cm³/mol. The van der Waals surface area contributed by atoms with Gasteiger partial charge in [0.25, 0.3) is 0 Å². The molecule has 2 fully saturated rings. The molecule has 1 aliphatic carbocycles. The number of hydrogen-bond acceptors (Lipinski definition) is 7. The SMILES string of the molecule is C.CC(=O)c1nn(CC(=O)[C@@H]2C[C@H]3C[C@H]3N2C(=O)Nc2cccc(Br)n2)c2ccc(-c3cnc(C)nc3)cc12. The number of pyridine rings is 1. The van der Waals surface area contributed by atoms with Crippen molar-refractivity contribution in [3.05, 3.63) is 64.9 Å². The molecular weight excluding hydrogens is 562 g/mol. The topological polar surface area (TPSA) is 123 Å². The number of rotatable bonds is 6. The van der Waals surface area contributed by atoms with Gasteiger partial charge >= 0.3 is 6.03 Å². The molecule has 3 aromatic heterocycles. The van der Waals surface area contributed by atoms with Gasteiger partial charge in [0.05, 0.1) is 11.6 Å². The molecule has 0 bridgehead atoms. The monoisotopic (exact) mass is 589 g/mol. The maximum atomic E-state index is 13.5. The highest BCUT2D eigenvalue weighted by molar-refractivity contribution is 9.10. The number of Topliss-reactive ketones (excluding diaryl/α,β-unsaturated/α-hetero) is 2. The number of carbonyl (C=O) groups is 3. The molecule has 4 heterocycles. The van der Waals surface area contributed by atoms with Crippen LogP contribution in [0.3, 0.4) is 0 Å². The molecule has 200 valence electrons. The molecule has 0 unspecified atom stereocenters. The van der Waals surface area contributed by atoms with Crippen molar-refractivity contribution < 1.29 is 14.4 Å². The van der Waals surface area contributed by atoms with Crippen molar-refractivity contribution in [3.63, 3.8) is 0 Å². The highest BCUT2D eigenvalue weighted by Gasteiger charge is 2.56. The van der Waals surface area contributed by atoms with E-state index in [-0.39, 0.29) is 37.6 Å². The van der Waals surface area contributed by atoms with Crippen LogP contribution < -0.4 is 5.32 Å². The maximum Gasteiger partial charge on any atom is 0.323 e. The summed E-state index contributed by atoms with van der Waals surface area (Å²) in [6.07, 6.45) is 4.99. The number of nitrogens with one attached hydrogen (secondary N) is 1. The first kappa shape index (κ1) is 26.6. The van der Waals surface area contributed by atoms with Gasteiger partial charge in [0.1, 0.15) is 28.5 Å². The second-order valence-corrected chi connectivity index (χ2v) is 10.6. The number of hydrogen-bond donors (Lipinski definition) is 1.